The van der Waals surface area contributed by atoms with Crippen molar-refractivity contribution in [2.24, 2.45) is 0 Å². The highest BCUT2D eigenvalue weighted by molar-refractivity contribution is 5.77. The Morgan fingerprint density at radius 1 is 1.05 bits per heavy atom. The van der Waals surface area contributed by atoms with E-state index in [-0.39, 0.29) is 0 Å². The van der Waals surface area contributed by atoms with Crippen molar-refractivity contribution in [3.63, 3.8) is 0 Å². The van der Waals surface area contributed by atoms with Crippen LogP contribution >= 0.6 is 0 Å². The topological polar surface area (TPSA) is 0 Å². The van der Waals surface area contributed by atoms with Crippen molar-refractivity contribution < 1.29 is 0 Å². The van der Waals surface area contributed by atoms with Crippen molar-refractivity contribution in [2.45, 2.75) is 26.7 Å². The van der Waals surface area contributed by atoms with E-state index in [1.807, 2.05) is 0 Å². The third-order valence-corrected chi connectivity index (χ3v) is 4.12. The van der Waals surface area contributed by atoms with E-state index < -0.39 is 0 Å². The highest BCUT2D eigenvalue weighted by atomic mass is 14.2. The van der Waals surface area contributed by atoms with Crippen LogP contribution in [0.2, 0.25) is 0 Å². The molecule has 0 aromatic heterocycles. The van der Waals surface area contributed by atoms with Gasteiger partial charge in [0.1, 0.15) is 0 Å². The molecule has 1 aliphatic rings. The number of rotatable bonds is 3. The van der Waals surface area contributed by atoms with Crippen LogP contribution in [-0.2, 0) is 12.8 Å². The van der Waals surface area contributed by atoms with Crippen LogP contribution in [0.1, 0.15) is 30.5 Å². The predicted molar refractivity (Wildman–Crippen MR) is 87.0 cm³/mol. The quantitative estimate of drug-likeness (QED) is 0.559. The van der Waals surface area contributed by atoms with Crippen molar-refractivity contribution >= 4 is 0 Å². The Labute approximate surface area is 121 Å². The smallest absolute Gasteiger partial charge is 0.00106 e. The molecule has 0 spiro atoms. The molecular weight excluding hydrogens is 240 g/mol. The lowest BCUT2D eigenvalue weighted by Gasteiger charge is -2.06. The molecule has 100 valence electrons. The first-order chi connectivity index (χ1) is 9.79. The summed E-state index contributed by atoms with van der Waals surface area (Å²) >= 11 is 0. The fourth-order valence-electron chi connectivity index (χ4n) is 2.88. The van der Waals surface area contributed by atoms with Crippen LogP contribution in [0, 0.1) is 0 Å². The normalized spacial score (nSPS) is 13.6. The summed E-state index contributed by atoms with van der Waals surface area (Å²) in [5.41, 5.74) is 8.59. The minimum absolute atomic E-state index is 1.02. The molecule has 0 N–H and O–H groups in total. The highest BCUT2D eigenvalue weighted by Gasteiger charge is 2.19. The molecule has 1 aliphatic carbocycles. The number of benzene rings is 2. The van der Waals surface area contributed by atoms with Gasteiger partial charge in [0.25, 0.3) is 0 Å². The number of fused-ring (bicyclic) bond motifs is 3. The lowest BCUT2D eigenvalue weighted by atomic mass is 9.99. The number of hydrogen-bond acceptors (Lipinski definition) is 0. The number of hydrogen-bond donors (Lipinski definition) is 0. The molecule has 0 atom stereocenters. The molecule has 0 amide bonds. The van der Waals surface area contributed by atoms with Crippen LogP contribution in [0.25, 0.3) is 11.1 Å². The van der Waals surface area contributed by atoms with Crippen LogP contribution < -0.4 is 0 Å². The van der Waals surface area contributed by atoms with E-state index in [2.05, 4.69) is 74.5 Å². The summed E-state index contributed by atoms with van der Waals surface area (Å²) in [5, 5.41) is 0. The Kier molecular flexibility index (Phi) is 3.56. The molecule has 3 rings (SSSR count). The summed E-state index contributed by atoms with van der Waals surface area (Å²) in [6.07, 6.45) is 8.72. The Morgan fingerprint density at radius 3 is 2.70 bits per heavy atom. The summed E-state index contributed by atoms with van der Waals surface area (Å²) < 4.78 is 0. The van der Waals surface area contributed by atoms with E-state index in [0.717, 1.165) is 12.8 Å². The van der Waals surface area contributed by atoms with Crippen LogP contribution in [-0.4, -0.2) is 0 Å². The van der Waals surface area contributed by atoms with E-state index in [0.29, 0.717) is 0 Å². The van der Waals surface area contributed by atoms with Gasteiger partial charge in [0.15, 0.2) is 0 Å². The van der Waals surface area contributed by atoms with Gasteiger partial charge in [-0.2, -0.15) is 0 Å². The van der Waals surface area contributed by atoms with Crippen molar-refractivity contribution in [3.8, 4) is 11.1 Å². The second kappa shape index (κ2) is 5.50. The molecule has 0 bridgehead atoms. The van der Waals surface area contributed by atoms with E-state index in [1.165, 1.54) is 33.4 Å². The maximum atomic E-state index is 2.27. The zero-order chi connectivity index (χ0) is 13.9. The van der Waals surface area contributed by atoms with Crippen LogP contribution in [0.5, 0.6) is 0 Å². The van der Waals surface area contributed by atoms with Gasteiger partial charge in [0, 0.05) is 0 Å². The molecular formula is C20H20. The lowest BCUT2D eigenvalue weighted by Crippen LogP contribution is -1.91. The molecule has 0 saturated carbocycles. The molecule has 2 aromatic rings. The maximum Gasteiger partial charge on any atom is -0.00106 e. The summed E-state index contributed by atoms with van der Waals surface area (Å²) in [6, 6.07) is 15.5. The van der Waals surface area contributed by atoms with Crippen LogP contribution in [0.3, 0.4) is 0 Å². The van der Waals surface area contributed by atoms with Gasteiger partial charge in [-0.25, -0.2) is 0 Å². The number of allylic oxidation sites excluding steroid dienone is 4. The van der Waals surface area contributed by atoms with Gasteiger partial charge in [0.05, 0.1) is 0 Å². The first-order valence-electron chi connectivity index (χ1n) is 7.28. The Hall–Kier alpha value is -2.08. The standard InChI is InChI=1S/C20H20/c1-3-15(2)8-6-10-16-11-7-13-19-18-12-5-4-9-17(18)14-20(16)19/h3-9,11-13H,10,14H2,1-2H3/b8-6-,15-3-. The first kappa shape index (κ1) is 12.9. The third-order valence-electron chi connectivity index (χ3n) is 4.12. The van der Waals surface area contributed by atoms with Gasteiger partial charge in [-0.3, -0.25) is 0 Å². The largest absolute Gasteiger partial charge is 0.0847 e. The first-order valence-corrected chi connectivity index (χ1v) is 7.28. The van der Waals surface area contributed by atoms with Gasteiger partial charge < -0.3 is 0 Å². The molecule has 0 heterocycles. The maximum absolute atomic E-state index is 2.27. The van der Waals surface area contributed by atoms with E-state index in [9.17, 15) is 0 Å². The second-order valence-corrected chi connectivity index (χ2v) is 5.42. The second-order valence-electron chi connectivity index (χ2n) is 5.42. The monoisotopic (exact) mass is 260 g/mol. The summed E-state index contributed by atoms with van der Waals surface area (Å²) in [6.45, 7) is 4.22. The van der Waals surface area contributed by atoms with E-state index in [1.54, 1.807) is 0 Å². The van der Waals surface area contributed by atoms with Gasteiger partial charge in [0.2, 0.25) is 0 Å². The molecule has 0 saturated heterocycles. The van der Waals surface area contributed by atoms with Crippen molar-refractivity contribution in [1.29, 1.82) is 0 Å². The predicted octanol–water partition coefficient (Wildman–Crippen LogP) is 5.32. The Balaban J connectivity index is 1.92. The average molecular weight is 260 g/mol. The zero-order valence-corrected chi connectivity index (χ0v) is 12.2. The third kappa shape index (κ3) is 2.34. The van der Waals surface area contributed by atoms with Gasteiger partial charge in [-0.1, -0.05) is 66.3 Å². The van der Waals surface area contributed by atoms with Gasteiger partial charge >= 0.3 is 0 Å². The molecule has 0 nitrogen and oxygen atoms in total. The minimum atomic E-state index is 1.02. The Bertz CT molecular complexity index is 687. The summed E-state index contributed by atoms with van der Waals surface area (Å²) in [7, 11) is 0. The molecule has 0 fully saturated rings. The van der Waals surface area contributed by atoms with E-state index in [4.69, 9.17) is 0 Å². The molecule has 2 aromatic carbocycles. The highest BCUT2D eigenvalue weighted by Crippen LogP contribution is 2.38. The van der Waals surface area contributed by atoms with Crippen molar-refractivity contribution in [2.75, 3.05) is 0 Å². The average Bonchev–Trinajstić information content (AvgIpc) is 2.86. The lowest BCUT2D eigenvalue weighted by molar-refractivity contribution is 1.15. The molecule has 0 unspecified atom stereocenters. The molecule has 20 heavy (non-hydrogen) atoms. The fourth-order valence-corrected chi connectivity index (χ4v) is 2.88. The van der Waals surface area contributed by atoms with Crippen molar-refractivity contribution in [3.05, 3.63) is 83.0 Å². The molecule has 0 heteroatoms. The zero-order valence-electron chi connectivity index (χ0n) is 12.2. The summed E-state index contributed by atoms with van der Waals surface area (Å²) in [4.78, 5) is 0. The Morgan fingerprint density at radius 2 is 1.85 bits per heavy atom. The molecule has 0 radical (unpaired) electrons. The summed E-state index contributed by atoms with van der Waals surface area (Å²) in [5.74, 6) is 0. The minimum Gasteiger partial charge on any atom is -0.0847 e. The van der Waals surface area contributed by atoms with Crippen LogP contribution in [0.4, 0.5) is 0 Å². The van der Waals surface area contributed by atoms with Gasteiger partial charge in [-0.15, -0.1) is 0 Å². The van der Waals surface area contributed by atoms with Crippen LogP contribution in [0.15, 0.2) is 66.3 Å². The molecule has 0 aliphatic heterocycles. The van der Waals surface area contributed by atoms with Crippen molar-refractivity contribution in [1.82, 2.24) is 0 Å². The SMILES string of the molecule is C/C=C(C)\C=C/Cc1cccc2c1Cc1ccccc1-2. The van der Waals surface area contributed by atoms with Gasteiger partial charge in [-0.05, 0) is 54.5 Å². The fraction of sp³-hybridized carbons (Fsp3) is 0.200. The van der Waals surface area contributed by atoms with E-state index >= 15 is 0 Å².